The fourth-order valence-corrected chi connectivity index (χ4v) is 3.86. The minimum atomic E-state index is -0.816. The second kappa shape index (κ2) is 17.1. The summed E-state index contributed by atoms with van der Waals surface area (Å²) in [6, 6.07) is 14.3. The Bertz CT molecular complexity index is 1090. The van der Waals surface area contributed by atoms with Crippen LogP contribution in [0, 0.1) is 0 Å². The number of hydrogen-bond acceptors (Lipinski definition) is 6. The number of aryl methyl sites for hydroxylation is 1. The number of amides is 1. The van der Waals surface area contributed by atoms with Crippen LogP contribution < -0.4 is 10.1 Å². The Morgan fingerprint density at radius 3 is 2.05 bits per heavy atom. The first-order valence-electron chi connectivity index (χ1n) is 14.0. The molecule has 7 heteroatoms. The Kier molecular flexibility index (Phi) is 13.8. The molecule has 0 radical (unpaired) electrons. The monoisotopic (exact) mass is 537 g/mol. The number of benzene rings is 2. The second-order valence-corrected chi connectivity index (χ2v) is 10.1. The number of rotatable bonds is 16. The number of ether oxygens (including phenoxy) is 3. The maximum Gasteiger partial charge on any atom is 0.374 e. The van der Waals surface area contributed by atoms with Crippen molar-refractivity contribution in [3.63, 3.8) is 0 Å². The van der Waals surface area contributed by atoms with Crippen LogP contribution in [0.25, 0.3) is 0 Å². The average Bonchev–Trinajstić information content (AvgIpc) is 2.88. The molecule has 2 aromatic rings. The van der Waals surface area contributed by atoms with E-state index in [2.05, 4.69) is 12.2 Å². The molecular formula is C32H43NO6. The summed E-state index contributed by atoms with van der Waals surface area (Å²) in [7, 11) is 0. The van der Waals surface area contributed by atoms with E-state index in [1.54, 1.807) is 52.0 Å². The van der Waals surface area contributed by atoms with E-state index in [4.69, 9.17) is 14.2 Å². The number of nitrogens with one attached hydrogen (secondary N) is 1. The first-order chi connectivity index (χ1) is 18.7. The van der Waals surface area contributed by atoms with Gasteiger partial charge >= 0.3 is 11.9 Å². The molecule has 0 aliphatic rings. The number of carbonyl (C=O) groups is 3. The van der Waals surface area contributed by atoms with Gasteiger partial charge < -0.3 is 19.5 Å². The van der Waals surface area contributed by atoms with Crippen molar-refractivity contribution in [1.29, 1.82) is 0 Å². The fourth-order valence-electron chi connectivity index (χ4n) is 3.86. The molecule has 7 nitrogen and oxygen atoms in total. The Hall–Kier alpha value is -3.61. The van der Waals surface area contributed by atoms with E-state index in [0.29, 0.717) is 11.3 Å². The van der Waals surface area contributed by atoms with Gasteiger partial charge in [0.25, 0.3) is 5.91 Å². The minimum Gasteiger partial charge on any atom is -0.460 e. The molecule has 2 aromatic carbocycles. The topological polar surface area (TPSA) is 90.9 Å². The van der Waals surface area contributed by atoms with Crippen LogP contribution in [0.15, 0.2) is 60.4 Å². The van der Waals surface area contributed by atoms with Crippen molar-refractivity contribution in [2.45, 2.75) is 98.2 Å². The average molecular weight is 538 g/mol. The first-order valence-corrected chi connectivity index (χ1v) is 14.0. The van der Waals surface area contributed by atoms with E-state index in [1.807, 2.05) is 24.3 Å². The van der Waals surface area contributed by atoms with Crippen molar-refractivity contribution >= 4 is 23.5 Å². The third-order valence-corrected chi connectivity index (χ3v) is 5.79. The SMILES string of the molecule is CCCCCCCCCc1ccc(C(=O)Nc2ccccc2O/C(=C/C(=O)OC(C)C)C(=O)OC(C)C)cc1. The molecule has 0 unspecified atom stereocenters. The van der Waals surface area contributed by atoms with Gasteiger partial charge in [-0.15, -0.1) is 0 Å². The van der Waals surface area contributed by atoms with Gasteiger partial charge in [-0.3, -0.25) is 4.79 Å². The van der Waals surface area contributed by atoms with Gasteiger partial charge in [0.15, 0.2) is 5.75 Å². The molecule has 0 aromatic heterocycles. The number of para-hydroxylation sites is 2. The number of anilines is 1. The maximum atomic E-state index is 13.0. The highest BCUT2D eigenvalue weighted by atomic mass is 16.6. The molecule has 0 spiro atoms. The predicted octanol–water partition coefficient (Wildman–Crippen LogP) is 7.40. The van der Waals surface area contributed by atoms with E-state index in [1.165, 1.54) is 44.1 Å². The molecule has 0 bridgehead atoms. The van der Waals surface area contributed by atoms with Crippen molar-refractivity contribution in [3.05, 3.63) is 71.5 Å². The van der Waals surface area contributed by atoms with E-state index in [9.17, 15) is 14.4 Å². The lowest BCUT2D eigenvalue weighted by Crippen LogP contribution is -2.20. The van der Waals surface area contributed by atoms with Crippen LogP contribution in [-0.4, -0.2) is 30.1 Å². The molecule has 0 heterocycles. The number of hydrogen-bond donors (Lipinski definition) is 1. The van der Waals surface area contributed by atoms with Gasteiger partial charge in [-0.05, 0) is 70.4 Å². The Morgan fingerprint density at radius 2 is 1.41 bits per heavy atom. The summed E-state index contributed by atoms with van der Waals surface area (Å²) in [6.07, 6.45) is 9.98. The van der Waals surface area contributed by atoms with Gasteiger partial charge in [-0.25, -0.2) is 9.59 Å². The molecule has 1 N–H and O–H groups in total. The summed E-state index contributed by atoms with van der Waals surface area (Å²) in [5.74, 6) is -2.03. The van der Waals surface area contributed by atoms with Crippen molar-refractivity contribution in [2.75, 3.05) is 5.32 Å². The molecule has 2 rings (SSSR count). The highest BCUT2D eigenvalue weighted by Crippen LogP contribution is 2.27. The smallest absolute Gasteiger partial charge is 0.374 e. The zero-order chi connectivity index (χ0) is 28.6. The standard InChI is InChI=1S/C32H43NO6/c1-6-7-8-9-10-11-12-15-25-18-20-26(21-19-25)31(35)33-27-16-13-14-17-28(27)39-29(32(36)38-24(4)5)22-30(34)37-23(2)3/h13-14,16-24H,6-12,15H2,1-5H3,(H,33,35)/b29-22+. The van der Waals surface area contributed by atoms with Crippen LogP contribution in [0.5, 0.6) is 5.75 Å². The molecule has 1 amide bonds. The van der Waals surface area contributed by atoms with E-state index in [0.717, 1.165) is 18.9 Å². The van der Waals surface area contributed by atoms with Crippen LogP contribution in [0.2, 0.25) is 0 Å². The summed E-state index contributed by atoms with van der Waals surface area (Å²) in [5, 5.41) is 2.83. The molecule has 0 fully saturated rings. The van der Waals surface area contributed by atoms with E-state index in [-0.39, 0.29) is 23.5 Å². The highest BCUT2D eigenvalue weighted by molar-refractivity contribution is 6.05. The number of unbranched alkanes of at least 4 members (excludes halogenated alkanes) is 6. The molecular weight excluding hydrogens is 494 g/mol. The van der Waals surface area contributed by atoms with Crippen LogP contribution >= 0.6 is 0 Å². The van der Waals surface area contributed by atoms with Crippen LogP contribution in [0.1, 0.15) is 95.5 Å². The maximum absolute atomic E-state index is 13.0. The van der Waals surface area contributed by atoms with Crippen molar-refractivity contribution in [2.24, 2.45) is 0 Å². The van der Waals surface area contributed by atoms with Gasteiger partial charge in [0.2, 0.25) is 5.76 Å². The minimum absolute atomic E-state index is 0.186. The normalized spacial score (nSPS) is 11.4. The summed E-state index contributed by atoms with van der Waals surface area (Å²) in [5.41, 5.74) is 2.05. The van der Waals surface area contributed by atoms with Gasteiger partial charge in [-0.1, -0.05) is 69.7 Å². The summed E-state index contributed by atoms with van der Waals surface area (Å²) < 4.78 is 16.1. The molecule has 0 aliphatic carbocycles. The lowest BCUT2D eigenvalue weighted by atomic mass is 10.0. The molecule has 39 heavy (non-hydrogen) atoms. The van der Waals surface area contributed by atoms with Crippen LogP contribution in [-0.2, 0) is 25.5 Å². The summed E-state index contributed by atoms with van der Waals surface area (Å²) in [4.78, 5) is 37.8. The van der Waals surface area contributed by atoms with Gasteiger partial charge in [0, 0.05) is 5.56 Å². The number of carbonyl (C=O) groups excluding carboxylic acids is 3. The van der Waals surface area contributed by atoms with Gasteiger partial charge in [0.1, 0.15) is 0 Å². The lowest BCUT2D eigenvalue weighted by Gasteiger charge is -2.15. The Morgan fingerprint density at radius 1 is 0.795 bits per heavy atom. The largest absolute Gasteiger partial charge is 0.460 e. The number of esters is 2. The van der Waals surface area contributed by atoms with E-state index < -0.39 is 18.0 Å². The molecule has 0 atom stereocenters. The lowest BCUT2D eigenvalue weighted by molar-refractivity contribution is -0.147. The predicted molar refractivity (Wildman–Crippen MR) is 154 cm³/mol. The van der Waals surface area contributed by atoms with Gasteiger partial charge in [-0.2, -0.15) is 0 Å². The van der Waals surface area contributed by atoms with Crippen molar-refractivity contribution in [3.8, 4) is 5.75 Å². The van der Waals surface area contributed by atoms with Gasteiger partial charge in [0.05, 0.1) is 24.0 Å². The highest BCUT2D eigenvalue weighted by Gasteiger charge is 2.20. The molecule has 0 aliphatic heterocycles. The Balaban J connectivity index is 2.06. The van der Waals surface area contributed by atoms with Crippen molar-refractivity contribution < 1.29 is 28.6 Å². The Labute approximate surface area is 232 Å². The van der Waals surface area contributed by atoms with Crippen molar-refractivity contribution in [1.82, 2.24) is 0 Å². The quantitative estimate of drug-likeness (QED) is 0.104. The van der Waals surface area contributed by atoms with Crippen LogP contribution in [0.4, 0.5) is 5.69 Å². The third kappa shape index (κ3) is 12.2. The molecule has 0 saturated carbocycles. The van der Waals surface area contributed by atoms with Crippen LogP contribution in [0.3, 0.4) is 0 Å². The molecule has 0 saturated heterocycles. The summed E-state index contributed by atoms with van der Waals surface area (Å²) in [6.45, 7) is 9.01. The zero-order valence-corrected chi connectivity index (χ0v) is 24.0. The first kappa shape index (κ1) is 31.6. The zero-order valence-electron chi connectivity index (χ0n) is 24.0. The van der Waals surface area contributed by atoms with E-state index >= 15 is 0 Å². The third-order valence-electron chi connectivity index (χ3n) is 5.79. The summed E-state index contributed by atoms with van der Waals surface area (Å²) >= 11 is 0. The fraction of sp³-hybridized carbons (Fsp3) is 0.469. The molecule has 212 valence electrons. The second-order valence-electron chi connectivity index (χ2n) is 10.1.